The zero-order valence-corrected chi connectivity index (χ0v) is 18.6. The number of carbonyl (C=O) groups is 3. The number of ether oxygens (including phenoxy) is 1. The average Bonchev–Trinajstić information content (AvgIpc) is 2.72. The van der Waals surface area contributed by atoms with E-state index in [0.717, 1.165) is 0 Å². The van der Waals surface area contributed by atoms with Crippen LogP contribution in [-0.4, -0.2) is 93.9 Å². The first-order valence-corrected chi connectivity index (χ1v) is 10.9. The normalized spacial score (nSPS) is 26.2. The van der Waals surface area contributed by atoms with Gasteiger partial charge in [-0.25, -0.2) is 4.79 Å². The monoisotopic (exact) mass is 462 g/mol. The van der Waals surface area contributed by atoms with Crippen LogP contribution in [0.3, 0.4) is 0 Å². The molecule has 0 aromatic rings. The fourth-order valence-corrected chi connectivity index (χ4v) is 3.48. The molecule has 1 fully saturated rings. The van der Waals surface area contributed by atoms with E-state index >= 15 is 0 Å². The van der Waals surface area contributed by atoms with Gasteiger partial charge >= 0.3 is 5.97 Å². The molecule has 32 heavy (non-hydrogen) atoms. The first-order valence-electron chi connectivity index (χ1n) is 10.9. The summed E-state index contributed by atoms with van der Waals surface area (Å²) >= 11 is 0. The van der Waals surface area contributed by atoms with Gasteiger partial charge in [0.25, 0.3) is 0 Å². The summed E-state index contributed by atoms with van der Waals surface area (Å²) in [6.45, 7) is 3.89. The lowest BCUT2D eigenvalue weighted by molar-refractivity contribution is -0.208. The molecule has 1 rings (SSSR count). The van der Waals surface area contributed by atoms with E-state index in [2.05, 4.69) is 10.6 Å². The van der Waals surface area contributed by atoms with Crippen molar-refractivity contribution in [2.24, 2.45) is 17.4 Å². The molecule has 0 radical (unpaired) electrons. The quantitative estimate of drug-likeness (QED) is 0.134. The van der Waals surface area contributed by atoms with Crippen LogP contribution in [0.15, 0.2) is 0 Å². The summed E-state index contributed by atoms with van der Waals surface area (Å²) in [4.78, 5) is 36.2. The van der Waals surface area contributed by atoms with Crippen LogP contribution in [0.2, 0.25) is 0 Å². The van der Waals surface area contributed by atoms with Crippen molar-refractivity contribution in [2.75, 3.05) is 13.1 Å². The predicted molar refractivity (Wildman–Crippen MR) is 114 cm³/mol. The van der Waals surface area contributed by atoms with Gasteiger partial charge in [0.15, 0.2) is 6.10 Å². The topological polar surface area (TPSA) is 217 Å². The minimum atomic E-state index is -1.52. The molecule has 0 saturated carbocycles. The summed E-state index contributed by atoms with van der Waals surface area (Å²) in [7, 11) is 0. The standard InChI is InChI=1S/C20H38N4O8/c1-10(2)7-11(22)18(28)24-12(5-3-4-6-21)19(29)23-9-14(26)17-16(27)13(25)8-15(32-17)20(30)31/h10-17,25-27H,3-9,21-22H2,1-2H3,(H,23,29)(H,24,28)(H,30,31)/t11-,12-,13+,14-,15-,16+,17+/m0/s1. The summed E-state index contributed by atoms with van der Waals surface area (Å²) < 4.78 is 5.19. The molecule has 0 spiro atoms. The second-order valence-electron chi connectivity index (χ2n) is 8.62. The first-order chi connectivity index (χ1) is 15.0. The second-order valence-corrected chi connectivity index (χ2v) is 8.62. The number of nitrogens with one attached hydrogen (secondary N) is 2. The van der Waals surface area contributed by atoms with Crippen LogP contribution < -0.4 is 22.1 Å². The number of aliphatic hydroxyl groups excluding tert-OH is 3. The number of aliphatic hydroxyl groups is 3. The smallest absolute Gasteiger partial charge is 0.332 e. The van der Waals surface area contributed by atoms with Crippen LogP contribution >= 0.6 is 0 Å². The van der Waals surface area contributed by atoms with Gasteiger partial charge in [0, 0.05) is 13.0 Å². The molecule has 1 heterocycles. The maximum absolute atomic E-state index is 12.7. The number of hydrogen-bond acceptors (Lipinski definition) is 9. The maximum Gasteiger partial charge on any atom is 0.332 e. The Morgan fingerprint density at radius 2 is 1.81 bits per heavy atom. The summed E-state index contributed by atoms with van der Waals surface area (Å²) in [5.41, 5.74) is 11.4. The van der Waals surface area contributed by atoms with Crippen molar-refractivity contribution < 1.29 is 39.5 Å². The van der Waals surface area contributed by atoms with Gasteiger partial charge in [-0.1, -0.05) is 13.8 Å². The van der Waals surface area contributed by atoms with Crippen LogP contribution in [-0.2, 0) is 19.1 Å². The number of unbranched alkanes of at least 4 members (excludes halogenated alkanes) is 1. The van der Waals surface area contributed by atoms with E-state index in [-0.39, 0.29) is 18.9 Å². The van der Waals surface area contributed by atoms with Crippen molar-refractivity contribution in [3.05, 3.63) is 0 Å². The summed E-state index contributed by atoms with van der Waals surface area (Å²) in [5, 5.41) is 44.4. The Hall–Kier alpha value is -1.83. The Bertz CT molecular complexity index is 620. The van der Waals surface area contributed by atoms with E-state index in [1.54, 1.807) is 0 Å². The highest BCUT2D eigenvalue weighted by molar-refractivity contribution is 5.89. The average molecular weight is 463 g/mol. The molecule has 0 aromatic heterocycles. The lowest BCUT2D eigenvalue weighted by Crippen LogP contribution is -2.58. The molecular weight excluding hydrogens is 424 g/mol. The molecule has 0 unspecified atom stereocenters. The molecular formula is C20H38N4O8. The van der Waals surface area contributed by atoms with Crippen LogP contribution in [0.1, 0.15) is 46.0 Å². The lowest BCUT2D eigenvalue weighted by atomic mass is 9.94. The Balaban J connectivity index is 2.72. The molecule has 12 heteroatoms. The van der Waals surface area contributed by atoms with Gasteiger partial charge < -0.3 is 47.3 Å². The SMILES string of the molecule is CC(C)C[C@H](N)C(=O)N[C@@H](CCCCN)C(=O)NC[C@H](O)[C@H]1O[C@H](C(=O)O)C[C@@H](O)[C@H]1O. The van der Waals surface area contributed by atoms with E-state index in [1.807, 2.05) is 13.8 Å². The van der Waals surface area contributed by atoms with E-state index in [1.165, 1.54) is 0 Å². The molecule has 2 amide bonds. The molecule has 7 atom stereocenters. The largest absolute Gasteiger partial charge is 0.479 e. The number of aliphatic carboxylic acids is 1. The molecule has 1 aliphatic heterocycles. The Morgan fingerprint density at radius 1 is 1.16 bits per heavy atom. The van der Waals surface area contributed by atoms with E-state index in [9.17, 15) is 29.7 Å². The minimum absolute atomic E-state index is 0.197. The van der Waals surface area contributed by atoms with Gasteiger partial charge in [0.2, 0.25) is 11.8 Å². The Kier molecular flexibility index (Phi) is 12.0. The van der Waals surface area contributed by atoms with Gasteiger partial charge in [-0.3, -0.25) is 9.59 Å². The molecule has 0 aromatic carbocycles. The number of carboxylic acid groups (broad SMARTS) is 1. The summed E-state index contributed by atoms with van der Waals surface area (Å²) in [6.07, 6.45) is -5.55. The van der Waals surface area contributed by atoms with Gasteiger partial charge in [-0.2, -0.15) is 0 Å². The fourth-order valence-electron chi connectivity index (χ4n) is 3.48. The van der Waals surface area contributed by atoms with Crippen LogP contribution in [0.4, 0.5) is 0 Å². The van der Waals surface area contributed by atoms with Crippen molar-refractivity contribution in [2.45, 2.75) is 88.6 Å². The van der Waals surface area contributed by atoms with Gasteiger partial charge in [0.05, 0.1) is 12.1 Å². The number of hydrogen-bond donors (Lipinski definition) is 8. The van der Waals surface area contributed by atoms with Crippen molar-refractivity contribution in [3.8, 4) is 0 Å². The van der Waals surface area contributed by atoms with Crippen molar-refractivity contribution in [1.82, 2.24) is 10.6 Å². The molecule has 1 aliphatic rings. The van der Waals surface area contributed by atoms with Crippen molar-refractivity contribution in [3.63, 3.8) is 0 Å². The zero-order chi connectivity index (χ0) is 24.4. The Labute approximate surface area is 187 Å². The van der Waals surface area contributed by atoms with Gasteiger partial charge in [0.1, 0.15) is 24.4 Å². The van der Waals surface area contributed by atoms with Crippen LogP contribution in [0.25, 0.3) is 0 Å². The zero-order valence-electron chi connectivity index (χ0n) is 18.6. The third-order valence-corrected chi connectivity index (χ3v) is 5.29. The van der Waals surface area contributed by atoms with E-state index in [0.29, 0.717) is 32.2 Å². The highest BCUT2D eigenvalue weighted by Gasteiger charge is 2.43. The second kappa shape index (κ2) is 13.7. The molecule has 186 valence electrons. The Morgan fingerprint density at radius 3 is 2.38 bits per heavy atom. The molecule has 0 bridgehead atoms. The first kappa shape index (κ1) is 28.2. The van der Waals surface area contributed by atoms with Crippen LogP contribution in [0.5, 0.6) is 0 Å². The highest BCUT2D eigenvalue weighted by Crippen LogP contribution is 2.23. The van der Waals surface area contributed by atoms with E-state index in [4.69, 9.17) is 21.3 Å². The lowest BCUT2D eigenvalue weighted by Gasteiger charge is -2.37. The third kappa shape index (κ3) is 8.96. The molecule has 1 saturated heterocycles. The number of carbonyl (C=O) groups excluding carboxylic acids is 2. The molecule has 0 aliphatic carbocycles. The number of carboxylic acids is 1. The number of nitrogens with two attached hydrogens (primary N) is 2. The molecule has 12 nitrogen and oxygen atoms in total. The van der Waals surface area contributed by atoms with E-state index < -0.39 is 60.4 Å². The molecule has 10 N–H and O–H groups in total. The highest BCUT2D eigenvalue weighted by atomic mass is 16.5. The van der Waals surface area contributed by atoms with Gasteiger partial charge in [-0.05, 0) is 38.1 Å². The number of amides is 2. The van der Waals surface area contributed by atoms with Crippen molar-refractivity contribution >= 4 is 17.8 Å². The summed E-state index contributed by atoms with van der Waals surface area (Å²) in [6, 6.07) is -1.68. The minimum Gasteiger partial charge on any atom is -0.479 e. The predicted octanol–water partition coefficient (Wildman–Crippen LogP) is -2.59. The van der Waals surface area contributed by atoms with Gasteiger partial charge in [-0.15, -0.1) is 0 Å². The maximum atomic E-state index is 12.7. The van der Waals surface area contributed by atoms with Crippen LogP contribution in [0, 0.1) is 5.92 Å². The number of rotatable bonds is 13. The third-order valence-electron chi connectivity index (χ3n) is 5.29. The van der Waals surface area contributed by atoms with Crippen molar-refractivity contribution in [1.29, 1.82) is 0 Å². The fraction of sp³-hybridized carbons (Fsp3) is 0.850. The summed E-state index contributed by atoms with van der Waals surface area (Å²) in [5.74, 6) is -2.18.